The van der Waals surface area contributed by atoms with E-state index in [4.69, 9.17) is 4.74 Å². The summed E-state index contributed by atoms with van der Waals surface area (Å²) in [6.45, 7) is 4.71. The number of rotatable bonds is 4. The first kappa shape index (κ1) is 13.6. The first-order valence-electron chi connectivity index (χ1n) is 6.58. The fourth-order valence-electron chi connectivity index (χ4n) is 2.08. The molecule has 0 spiro atoms. The van der Waals surface area contributed by atoms with Gasteiger partial charge in [0.15, 0.2) is 0 Å². The van der Waals surface area contributed by atoms with Crippen molar-refractivity contribution in [1.29, 1.82) is 0 Å². The summed E-state index contributed by atoms with van der Waals surface area (Å²) in [5.41, 5.74) is 1.57. The summed E-state index contributed by atoms with van der Waals surface area (Å²) in [5, 5.41) is 8.22. The highest BCUT2D eigenvalue weighted by Gasteiger charge is 2.21. The van der Waals surface area contributed by atoms with Gasteiger partial charge in [-0.1, -0.05) is 43.0 Å². The van der Waals surface area contributed by atoms with Gasteiger partial charge in [0, 0.05) is 7.11 Å². The molecule has 0 saturated carbocycles. The molecule has 19 heavy (non-hydrogen) atoms. The molecule has 100 valence electrons. The van der Waals surface area contributed by atoms with Crippen LogP contribution in [0.2, 0.25) is 0 Å². The average Bonchev–Trinajstić information content (AvgIpc) is 2.88. The maximum absolute atomic E-state index is 5.52. The zero-order valence-corrected chi connectivity index (χ0v) is 11.7. The molecular formula is C15H19N3O. The Labute approximate surface area is 113 Å². The van der Waals surface area contributed by atoms with Gasteiger partial charge in [-0.2, -0.15) is 0 Å². The van der Waals surface area contributed by atoms with Crippen LogP contribution in [-0.2, 0) is 11.3 Å². The number of nitrogens with zero attached hydrogens (tertiary/aromatic N) is 3. The van der Waals surface area contributed by atoms with Gasteiger partial charge >= 0.3 is 0 Å². The van der Waals surface area contributed by atoms with Crippen molar-refractivity contribution in [1.82, 2.24) is 15.0 Å². The molecule has 4 heteroatoms. The largest absolute Gasteiger partial charge is 0.366 e. The van der Waals surface area contributed by atoms with Crippen molar-refractivity contribution in [2.24, 2.45) is 0 Å². The van der Waals surface area contributed by atoms with Gasteiger partial charge < -0.3 is 4.74 Å². The van der Waals surface area contributed by atoms with Crippen molar-refractivity contribution in [3.8, 4) is 11.8 Å². The Morgan fingerprint density at radius 2 is 2.00 bits per heavy atom. The van der Waals surface area contributed by atoms with E-state index in [1.807, 2.05) is 28.9 Å². The van der Waals surface area contributed by atoms with E-state index < -0.39 is 0 Å². The maximum atomic E-state index is 5.52. The van der Waals surface area contributed by atoms with Crippen molar-refractivity contribution in [2.45, 2.75) is 38.8 Å². The number of methoxy groups -OCH3 is 1. The van der Waals surface area contributed by atoms with E-state index in [1.54, 1.807) is 7.11 Å². The quantitative estimate of drug-likeness (QED) is 0.790. The van der Waals surface area contributed by atoms with Crippen molar-refractivity contribution >= 4 is 11.0 Å². The highest BCUT2D eigenvalue weighted by molar-refractivity contribution is 5.73. The summed E-state index contributed by atoms with van der Waals surface area (Å²) in [6.07, 6.45) is 1.76. The molecule has 0 amide bonds. The first-order valence-corrected chi connectivity index (χ1v) is 6.58. The fraction of sp³-hybridized carbons (Fsp3) is 0.467. The van der Waals surface area contributed by atoms with Crippen LogP contribution in [0.4, 0.5) is 0 Å². The van der Waals surface area contributed by atoms with Crippen LogP contribution in [-0.4, -0.2) is 27.7 Å². The highest BCUT2D eigenvalue weighted by Crippen LogP contribution is 2.18. The molecule has 2 rings (SSSR count). The number of benzene rings is 1. The Bertz CT molecular complexity index is 594. The van der Waals surface area contributed by atoms with Crippen LogP contribution < -0.4 is 0 Å². The van der Waals surface area contributed by atoms with Gasteiger partial charge in [0.25, 0.3) is 0 Å². The fourth-order valence-corrected chi connectivity index (χ4v) is 2.08. The van der Waals surface area contributed by atoms with E-state index in [-0.39, 0.29) is 5.60 Å². The molecule has 0 saturated heterocycles. The molecule has 0 aliphatic carbocycles. The molecular weight excluding hydrogens is 238 g/mol. The van der Waals surface area contributed by atoms with Crippen LogP contribution >= 0.6 is 0 Å². The Morgan fingerprint density at radius 1 is 1.26 bits per heavy atom. The van der Waals surface area contributed by atoms with Gasteiger partial charge in [0.1, 0.15) is 17.7 Å². The lowest BCUT2D eigenvalue weighted by molar-refractivity contribution is 0.0344. The third kappa shape index (κ3) is 2.77. The van der Waals surface area contributed by atoms with E-state index in [0.29, 0.717) is 6.54 Å². The summed E-state index contributed by atoms with van der Waals surface area (Å²) in [7, 11) is 1.71. The number of ether oxygens (including phenoxy) is 1. The Hall–Kier alpha value is -1.86. The van der Waals surface area contributed by atoms with E-state index in [2.05, 4.69) is 36.0 Å². The standard InChI is InChI=1S/C15H19N3O/c1-4-15(5-2,19-3)11-8-12-18-14-10-7-6-9-13(14)16-17-18/h6-7,9-10H,4-5,12H2,1-3H3. The summed E-state index contributed by atoms with van der Waals surface area (Å²) in [6, 6.07) is 7.88. The van der Waals surface area contributed by atoms with Gasteiger partial charge in [0.2, 0.25) is 0 Å². The third-order valence-electron chi connectivity index (χ3n) is 3.50. The lowest BCUT2D eigenvalue weighted by atomic mass is 9.98. The lowest BCUT2D eigenvalue weighted by Gasteiger charge is -2.23. The van der Waals surface area contributed by atoms with E-state index in [9.17, 15) is 0 Å². The second-order valence-corrected chi connectivity index (χ2v) is 4.44. The van der Waals surface area contributed by atoms with Gasteiger partial charge in [0.05, 0.1) is 5.52 Å². The number of para-hydroxylation sites is 1. The monoisotopic (exact) mass is 257 g/mol. The molecule has 0 N–H and O–H groups in total. The lowest BCUT2D eigenvalue weighted by Crippen LogP contribution is -2.27. The molecule has 0 fully saturated rings. The van der Waals surface area contributed by atoms with Crippen molar-refractivity contribution in [2.75, 3.05) is 7.11 Å². The van der Waals surface area contributed by atoms with Crippen LogP contribution in [0.3, 0.4) is 0 Å². The van der Waals surface area contributed by atoms with Crippen LogP contribution in [0.15, 0.2) is 24.3 Å². The molecule has 0 unspecified atom stereocenters. The minimum atomic E-state index is -0.337. The molecule has 0 aliphatic heterocycles. The third-order valence-corrected chi connectivity index (χ3v) is 3.50. The summed E-state index contributed by atoms with van der Waals surface area (Å²) >= 11 is 0. The Morgan fingerprint density at radius 3 is 2.68 bits per heavy atom. The van der Waals surface area contributed by atoms with Crippen LogP contribution in [0.25, 0.3) is 11.0 Å². The maximum Gasteiger partial charge on any atom is 0.127 e. The van der Waals surface area contributed by atoms with Gasteiger partial charge in [-0.3, -0.25) is 0 Å². The van der Waals surface area contributed by atoms with E-state index >= 15 is 0 Å². The van der Waals surface area contributed by atoms with Crippen molar-refractivity contribution < 1.29 is 4.74 Å². The number of aromatic nitrogens is 3. The van der Waals surface area contributed by atoms with E-state index in [0.717, 1.165) is 23.9 Å². The molecule has 0 atom stereocenters. The smallest absolute Gasteiger partial charge is 0.127 e. The second-order valence-electron chi connectivity index (χ2n) is 4.44. The predicted octanol–water partition coefficient (Wildman–Crippen LogP) is 2.64. The summed E-state index contributed by atoms with van der Waals surface area (Å²) in [4.78, 5) is 0. The number of fused-ring (bicyclic) bond motifs is 1. The summed E-state index contributed by atoms with van der Waals surface area (Å²) in [5.74, 6) is 6.38. The molecule has 0 aliphatic rings. The molecule has 1 aromatic heterocycles. The molecule has 2 aromatic rings. The normalized spacial score (nSPS) is 11.3. The van der Waals surface area contributed by atoms with Gasteiger partial charge in [-0.05, 0) is 25.0 Å². The number of hydrogen-bond donors (Lipinski definition) is 0. The minimum Gasteiger partial charge on any atom is -0.366 e. The van der Waals surface area contributed by atoms with E-state index in [1.165, 1.54) is 0 Å². The topological polar surface area (TPSA) is 39.9 Å². The zero-order chi connectivity index (χ0) is 13.7. The zero-order valence-electron chi connectivity index (χ0n) is 11.7. The van der Waals surface area contributed by atoms with Crippen molar-refractivity contribution in [3.63, 3.8) is 0 Å². The highest BCUT2D eigenvalue weighted by atomic mass is 16.5. The van der Waals surface area contributed by atoms with Crippen LogP contribution in [0.5, 0.6) is 0 Å². The van der Waals surface area contributed by atoms with Crippen molar-refractivity contribution in [3.05, 3.63) is 24.3 Å². The SMILES string of the molecule is CCC(C#CCn1nnc2ccccc21)(CC)OC. The predicted molar refractivity (Wildman–Crippen MR) is 75.6 cm³/mol. The minimum absolute atomic E-state index is 0.337. The second kappa shape index (κ2) is 5.85. The summed E-state index contributed by atoms with van der Waals surface area (Å²) < 4.78 is 7.34. The molecule has 1 aromatic carbocycles. The Balaban J connectivity index is 2.19. The molecule has 1 heterocycles. The molecule has 0 radical (unpaired) electrons. The number of hydrogen-bond acceptors (Lipinski definition) is 3. The van der Waals surface area contributed by atoms with Crippen LogP contribution in [0, 0.1) is 11.8 Å². The first-order chi connectivity index (χ1) is 9.24. The van der Waals surface area contributed by atoms with Gasteiger partial charge in [-0.15, -0.1) is 5.10 Å². The van der Waals surface area contributed by atoms with Crippen LogP contribution in [0.1, 0.15) is 26.7 Å². The molecule has 4 nitrogen and oxygen atoms in total. The van der Waals surface area contributed by atoms with Gasteiger partial charge in [-0.25, -0.2) is 4.68 Å². The average molecular weight is 257 g/mol. The Kier molecular flexibility index (Phi) is 4.18. The molecule has 0 bridgehead atoms.